The summed E-state index contributed by atoms with van der Waals surface area (Å²) in [6.07, 6.45) is 4.35. The van der Waals surface area contributed by atoms with Crippen LogP contribution >= 0.6 is 0 Å². The van der Waals surface area contributed by atoms with Crippen LogP contribution < -0.4 is 5.32 Å². The second kappa shape index (κ2) is 5.02. The summed E-state index contributed by atoms with van der Waals surface area (Å²) in [4.78, 5) is 15.7. The maximum Gasteiger partial charge on any atom is 0.170 e. The zero-order chi connectivity index (χ0) is 14.2. The van der Waals surface area contributed by atoms with Crippen LogP contribution in [0, 0.1) is 11.2 Å². The number of carbonyl (C=O) groups excluding carboxylic acids is 1. The molecule has 1 aliphatic heterocycles. The van der Waals surface area contributed by atoms with Gasteiger partial charge in [-0.3, -0.25) is 4.79 Å². The van der Waals surface area contributed by atoms with Gasteiger partial charge in [0.05, 0.1) is 5.52 Å². The molecule has 0 unspecified atom stereocenters. The van der Waals surface area contributed by atoms with Crippen molar-refractivity contribution in [1.82, 2.24) is 10.3 Å². The van der Waals surface area contributed by atoms with E-state index in [2.05, 4.69) is 17.2 Å². The minimum atomic E-state index is -0.356. The van der Waals surface area contributed by atoms with E-state index in [1.807, 2.05) is 0 Å². The Morgan fingerprint density at radius 2 is 2.30 bits per heavy atom. The molecular formula is C16H19FN2O. The predicted octanol–water partition coefficient (Wildman–Crippen LogP) is 3.27. The summed E-state index contributed by atoms with van der Waals surface area (Å²) >= 11 is 0. The number of H-pyrrole nitrogens is 1. The molecule has 0 saturated carbocycles. The zero-order valence-corrected chi connectivity index (χ0v) is 11.6. The fourth-order valence-corrected chi connectivity index (χ4v) is 3.31. The van der Waals surface area contributed by atoms with Gasteiger partial charge in [-0.05, 0) is 37.6 Å². The van der Waals surface area contributed by atoms with E-state index in [1.165, 1.54) is 6.07 Å². The van der Waals surface area contributed by atoms with E-state index in [0.29, 0.717) is 17.6 Å². The van der Waals surface area contributed by atoms with Gasteiger partial charge in [-0.15, -0.1) is 0 Å². The summed E-state index contributed by atoms with van der Waals surface area (Å²) in [6, 6.07) is 4.97. The first-order valence-corrected chi connectivity index (χ1v) is 7.18. The summed E-state index contributed by atoms with van der Waals surface area (Å²) in [7, 11) is 0. The normalized spacial score (nSPS) is 22.5. The van der Waals surface area contributed by atoms with Crippen LogP contribution in [0.1, 0.15) is 36.5 Å². The Kier molecular flexibility index (Phi) is 3.34. The van der Waals surface area contributed by atoms with Gasteiger partial charge in [0.25, 0.3) is 0 Å². The van der Waals surface area contributed by atoms with Crippen molar-refractivity contribution in [2.45, 2.75) is 26.2 Å². The van der Waals surface area contributed by atoms with Crippen LogP contribution in [-0.4, -0.2) is 23.9 Å². The lowest BCUT2D eigenvalue weighted by atomic mass is 9.76. The number of nitrogens with one attached hydrogen (secondary N) is 2. The number of aromatic nitrogens is 1. The lowest BCUT2D eigenvalue weighted by Gasteiger charge is -2.26. The minimum Gasteiger partial charge on any atom is -0.359 e. The van der Waals surface area contributed by atoms with Crippen molar-refractivity contribution >= 4 is 16.7 Å². The number of rotatable bonds is 4. The number of halogens is 1. The molecule has 1 saturated heterocycles. The molecule has 106 valence electrons. The highest BCUT2D eigenvalue weighted by atomic mass is 19.1. The topological polar surface area (TPSA) is 44.9 Å². The fraction of sp³-hybridized carbons (Fsp3) is 0.438. The molecule has 4 heteroatoms. The quantitative estimate of drug-likeness (QED) is 0.840. The average molecular weight is 274 g/mol. The Bertz CT molecular complexity index is 641. The number of ketones is 1. The van der Waals surface area contributed by atoms with Gasteiger partial charge in [0, 0.05) is 29.1 Å². The number of benzene rings is 1. The van der Waals surface area contributed by atoms with Crippen molar-refractivity contribution in [3.8, 4) is 0 Å². The molecule has 1 aromatic heterocycles. The summed E-state index contributed by atoms with van der Waals surface area (Å²) in [5.74, 6) is -0.278. The molecule has 1 aliphatic rings. The van der Waals surface area contributed by atoms with Crippen molar-refractivity contribution < 1.29 is 9.18 Å². The van der Waals surface area contributed by atoms with Crippen LogP contribution in [0.2, 0.25) is 0 Å². The van der Waals surface area contributed by atoms with Crippen molar-refractivity contribution in [1.29, 1.82) is 0 Å². The standard InChI is InChI=1S/C16H19FN2O/c1-2-4-16(5-7-18-10-16)15(20)12-8-11-3-6-19-14(11)13(17)9-12/h3,6,8-9,18-19H,2,4-5,7,10H2,1H3/t16-/m0/s1. The number of aromatic amines is 1. The van der Waals surface area contributed by atoms with E-state index in [0.717, 1.165) is 31.2 Å². The van der Waals surface area contributed by atoms with E-state index in [4.69, 9.17) is 0 Å². The first-order chi connectivity index (χ1) is 9.66. The molecule has 1 aromatic carbocycles. The van der Waals surface area contributed by atoms with Gasteiger partial charge in [0.15, 0.2) is 5.78 Å². The Morgan fingerprint density at radius 3 is 3.00 bits per heavy atom. The zero-order valence-electron chi connectivity index (χ0n) is 11.6. The van der Waals surface area contributed by atoms with Crippen molar-refractivity contribution in [3.05, 3.63) is 35.8 Å². The second-order valence-electron chi connectivity index (χ2n) is 5.69. The summed E-state index contributed by atoms with van der Waals surface area (Å²) < 4.78 is 14.0. The highest BCUT2D eigenvalue weighted by Crippen LogP contribution is 2.35. The van der Waals surface area contributed by atoms with Crippen LogP contribution in [0.15, 0.2) is 24.4 Å². The van der Waals surface area contributed by atoms with E-state index in [9.17, 15) is 9.18 Å². The molecule has 0 amide bonds. The molecule has 0 radical (unpaired) electrons. The van der Waals surface area contributed by atoms with Crippen LogP contribution in [0.3, 0.4) is 0 Å². The second-order valence-corrected chi connectivity index (χ2v) is 5.69. The minimum absolute atomic E-state index is 0.0753. The van der Waals surface area contributed by atoms with Crippen molar-refractivity contribution in [2.24, 2.45) is 5.41 Å². The summed E-state index contributed by atoms with van der Waals surface area (Å²) in [5, 5.41) is 4.03. The first-order valence-electron chi connectivity index (χ1n) is 7.18. The monoisotopic (exact) mass is 274 g/mol. The van der Waals surface area contributed by atoms with Gasteiger partial charge in [-0.25, -0.2) is 4.39 Å². The SMILES string of the molecule is CCC[C@]1(C(=O)c2cc(F)c3[nH]ccc3c2)CCNC1. The highest BCUT2D eigenvalue weighted by Gasteiger charge is 2.40. The van der Waals surface area contributed by atoms with Crippen molar-refractivity contribution in [2.75, 3.05) is 13.1 Å². The molecule has 0 bridgehead atoms. The molecule has 3 rings (SSSR count). The number of hydrogen-bond acceptors (Lipinski definition) is 2. The van der Waals surface area contributed by atoms with Gasteiger partial charge >= 0.3 is 0 Å². The lowest BCUT2D eigenvalue weighted by molar-refractivity contribution is 0.0801. The highest BCUT2D eigenvalue weighted by molar-refractivity contribution is 6.03. The Hall–Kier alpha value is -1.68. The first kappa shape index (κ1) is 13.3. The predicted molar refractivity (Wildman–Crippen MR) is 77.4 cm³/mol. The van der Waals surface area contributed by atoms with E-state index < -0.39 is 0 Å². The molecule has 1 fully saturated rings. The van der Waals surface area contributed by atoms with Crippen LogP contribution in [0.25, 0.3) is 10.9 Å². The molecule has 3 nitrogen and oxygen atoms in total. The summed E-state index contributed by atoms with van der Waals surface area (Å²) in [6.45, 7) is 3.65. The third kappa shape index (κ3) is 2.04. The molecule has 2 heterocycles. The maximum atomic E-state index is 14.0. The van der Waals surface area contributed by atoms with E-state index in [-0.39, 0.29) is 17.0 Å². The third-order valence-corrected chi connectivity index (χ3v) is 4.33. The van der Waals surface area contributed by atoms with Gasteiger partial charge in [0.1, 0.15) is 5.82 Å². The van der Waals surface area contributed by atoms with E-state index >= 15 is 0 Å². The Balaban J connectivity index is 2.02. The average Bonchev–Trinajstić information content (AvgIpc) is 3.07. The molecule has 0 spiro atoms. The van der Waals surface area contributed by atoms with Crippen LogP contribution in [0.5, 0.6) is 0 Å². The van der Waals surface area contributed by atoms with Gasteiger partial charge in [-0.1, -0.05) is 13.3 Å². The molecule has 1 atom stereocenters. The smallest absolute Gasteiger partial charge is 0.170 e. The number of fused-ring (bicyclic) bond motifs is 1. The van der Waals surface area contributed by atoms with Crippen LogP contribution in [-0.2, 0) is 0 Å². The van der Waals surface area contributed by atoms with Crippen LogP contribution in [0.4, 0.5) is 4.39 Å². The maximum absolute atomic E-state index is 14.0. The number of Topliss-reactive ketones (excluding diaryl/α,β-unsaturated/α-hetero) is 1. The Morgan fingerprint density at radius 1 is 1.45 bits per heavy atom. The van der Waals surface area contributed by atoms with Gasteiger partial charge in [0.2, 0.25) is 0 Å². The molecular weight excluding hydrogens is 255 g/mol. The lowest BCUT2D eigenvalue weighted by Crippen LogP contribution is -2.33. The molecule has 20 heavy (non-hydrogen) atoms. The van der Waals surface area contributed by atoms with Crippen molar-refractivity contribution in [3.63, 3.8) is 0 Å². The number of hydrogen-bond donors (Lipinski definition) is 2. The third-order valence-electron chi connectivity index (χ3n) is 4.33. The van der Waals surface area contributed by atoms with E-state index in [1.54, 1.807) is 18.3 Å². The fourth-order valence-electron chi connectivity index (χ4n) is 3.31. The largest absolute Gasteiger partial charge is 0.359 e. The van der Waals surface area contributed by atoms with Gasteiger partial charge in [-0.2, -0.15) is 0 Å². The molecule has 2 N–H and O–H groups in total. The van der Waals surface area contributed by atoms with Gasteiger partial charge < -0.3 is 10.3 Å². The Labute approximate surface area is 117 Å². The number of carbonyl (C=O) groups is 1. The summed E-state index contributed by atoms with van der Waals surface area (Å²) in [5.41, 5.74) is 0.605. The molecule has 2 aromatic rings. The molecule has 0 aliphatic carbocycles.